The van der Waals surface area contributed by atoms with Crippen molar-refractivity contribution in [1.82, 2.24) is 24.6 Å². The van der Waals surface area contributed by atoms with Gasteiger partial charge in [0, 0.05) is 7.05 Å². The molecule has 17 heteroatoms. The van der Waals surface area contributed by atoms with Crippen molar-refractivity contribution >= 4 is 36.6 Å². The van der Waals surface area contributed by atoms with E-state index in [1.807, 2.05) is 0 Å². The number of fused-ring (bicyclic) bond motifs is 1. The standard InChI is InChI=1S/C23H30F2N7O7P/c1-4-36-20(34)13(2)31-40(35,39-14-8-6-5-7-9-14)37-10-15-17(33)23(25,11-24)21(38-15)32-12-28-16-18(27-3)29-22(26)30-19(16)32/h5-9,12-13,15,17,21,33H,4,10-11H2,1-3H3,(H,31,35)(H3,26,27,29,30)/t13-,15+,17+,21+,23+,40+/m0/s1. The van der Waals surface area contributed by atoms with Crippen LogP contribution in [0.15, 0.2) is 36.7 Å². The fraction of sp³-hybridized carbons (Fsp3) is 0.478. The Morgan fingerprint density at radius 2 is 2.08 bits per heavy atom. The van der Waals surface area contributed by atoms with Crippen molar-refractivity contribution < 1.29 is 41.8 Å². The third-order valence-corrected chi connectivity index (χ3v) is 7.70. The lowest BCUT2D eigenvalue weighted by Crippen LogP contribution is -2.45. The molecule has 1 aromatic carbocycles. The summed E-state index contributed by atoms with van der Waals surface area (Å²) in [6.45, 7) is 0.697. The van der Waals surface area contributed by atoms with Gasteiger partial charge in [-0.05, 0) is 26.0 Å². The van der Waals surface area contributed by atoms with Crippen molar-refractivity contribution in [3.8, 4) is 5.75 Å². The first-order valence-electron chi connectivity index (χ1n) is 12.2. The highest BCUT2D eigenvalue weighted by Crippen LogP contribution is 2.48. The Labute approximate surface area is 227 Å². The Morgan fingerprint density at radius 3 is 2.73 bits per heavy atom. The Morgan fingerprint density at radius 1 is 1.35 bits per heavy atom. The van der Waals surface area contributed by atoms with E-state index in [1.54, 1.807) is 32.2 Å². The van der Waals surface area contributed by atoms with E-state index in [1.165, 1.54) is 19.1 Å². The number of nitrogens with two attached hydrogens (primary N) is 1. The van der Waals surface area contributed by atoms with Crippen LogP contribution in [0.1, 0.15) is 20.1 Å². The molecular formula is C23H30F2N7O7P. The number of halogens is 2. The molecule has 40 heavy (non-hydrogen) atoms. The summed E-state index contributed by atoms with van der Waals surface area (Å²) in [7, 11) is -2.80. The van der Waals surface area contributed by atoms with Crippen LogP contribution in [0, 0.1) is 0 Å². The first-order chi connectivity index (χ1) is 19.0. The molecule has 0 saturated carbocycles. The molecule has 1 saturated heterocycles. The van der Waals surface area contributed by atoms with Gasteiger partial charge in [0.15, 0.2) is 23.2 Å². The molecule has 3 aromatic rings. The highest BCUT2D eigenvalue weighted by Gasteiger charge is 2.59. The molecule has 2 aromatic heterocycles. The van der Waals surface area contributed by atoms with Crippen molar-refractivity contribution in [2.45, 2.75) is 44.0 Å². The second kappa shape index (κ2) is 12.0. The monoisotopic (exact) mass is 585 g/mol. The number of aromatic nitrogens is 4. The van der Waals surface area contributed by atoms with Crippen LogP contribution in [0.5, 0.6) is 5.75 Å². The SMILES string of the molecule is CCOC(=O)[C@H](C)N[P@@](=O)(OC[C@H]1O[C@@H](n2cnc3c(NC)nc(N)nc32)[C@@](F)(CF)[C@@H]1O)Oc1ccccc1. The maximum absolute atomic E-state index is 16.0. The maximum atomic E-state index is 16.0. The van der Waals surface area contributed by atoms with E-state index in [2.05, 4.69) is 25.4 Å². The van der Waals surface area contributed by atoms with Gasteiger partial charge in [0.05, 0.1) is 19.5 Å². The molecule has 1 aliphatic heterocycles. The summed E-state index contributed by atoms with van der Waals surface area (Å²) in [5, 5.41) is 16.0. The van der Waals surface area contributed by atoms with Gasteiger partial charge in [0.25, 0.3) is 0 Å². The number of nitrogens with zero attached hydrogens (tertiary/aromatic N) is 4. The molecule has 14 nitrogen and oxygen atoms in total. The number of nitrogens with one attached hydrogen (secondary N) is 2. The van der Waals surface area contributed by atoms with E-state index in [0.717, 1.165) is 10.9 Å². The molecule has 6 atom stereocenters. The topological polar surface area (TPSA) is 185 Å². The van der Waals surface area contributed by atoms with Crippen LogP contribution in [0.3, 0.4) is 0 Å². The van der Waals surface area contributed by atoms with Crippen LogP contribution in [0.2, 0.25) is 0 Å². The lowest BCUT2D eigenvalue weighted by atomic mass is 9.97. The summed E-state index contributed by atoms with van der Waals surface area (Å²) >= 11 is 0. The van der Waals surface area contributed by atoms with Crippen LogP contribution >= 0.6 is 7.75 Å². The normalized spacial score (nSPS) is 24.9. The molecule has 0 aliphatic carbocycles. The fourth-order valence-corrected chi connectivity index (χ4v) is 5.60. The number of anilines is 2. The minimum atomic E-state index is -4.36. The molecule has 4 rings (SSSR count). The summed E-state index contributed by atoms with van der Waals surface area (Å²) in [4.78, 5) is 24.4. The smallest absolute Gasteiger partial charge is 0.459 e. The molecular weight excluding hydrogens is 555 g/mol. The largest absolute Gasteiger partial charge is 0.465 e. The number of alkyl halides is 2. The van der Waals surface area contributed by atoms with Gasteiger partial charge < -0.3 is 30.2 Å². The van der Waals surface area contributed by atoms with Crippen molar-refractivity contribution in [3.63, 3.8) is 0 Å². The summed E-state index contributed by atoms with van der Waals surface area (Å²) in [6.07, 6.45) is -4.21. The molecule has 5 N–H and O–H groups in total. The lowest BCUT2D eigenvalue weighted by Gasteiger charge is -2.26. The number of para-hydroxylation sites is 1. The average Bonchev–Trinajstić information content (AvgIpc) is 3.46. The third-order valence-electron chi connectivity index (χ3n) is 6.06. The van der Waals surface area contributed by atoms with Gasteiger partial charge >= 0.3 is 13.7 Å². The minimum Gasteiger partial charge on any atom is -0.465 e. The van der Waals surface area contributed by atoms with Crippen LogP contribution in [0.25, 0.3) is 11.2 Å². The van der Waals surface area contributed by atoms with Crippen LogP contribution < -0.4 is 20.7 Å². The first-order valence-corrected chi connectivity index (χ1v) is 13.8. The van der Waals surface area contributed by atoms with E-state index in [9.17, 15) is 18.9 Å². The minimum absolute atomic E-state index is 0.0223. The van der Waals surface area contributed by atoms with Gasteiger partial charge in [0.1, 0.15) is 30.7 Å². The van der Waals surface area contributed by atoms with E-state index in [0.29, 0.717) is 0 Å². The van der Waals surface area contributed by atoms with Crippen molar-refractivity contribution in [1.29, 1.82) is 0 Å². The summed E-state index contributed by atoms with van der Waals surface area (Å²) in [5.41, 5.74) is 3.00. The maximum Gasteiger partial charge on any atom is 0.459 e. The van der Waals surface area contributed by atoms with E-state index in [4.69, 9.17) is 24.3 Å². The van der Waals surface area contributed by atoms with Gasteiger partial charge in [0.2, 0.25) is 11.6 Å². The molecule has 3 heterocycles. The van der Waals surface area contributed by atoms with Gasteiger partial charge in [-0.15, -0.1) is 0 Å². The van der Waals surface area contributed by atoms with Crippen molar-refractivity contribution in [3.05, 3.63) is 36.7 Å². The van der Waals surface area contributed by atoms with E-state index < -0.39 is 57.1 Å². The number of benzene rings is 1. The number of hydrogen-bond donors (Lipinski definition) is 4. The first kappa shape index (κ1) is 29.6. The summed E-state index contributed by atoms with van der Waals surface area (Å²) < 4.78 is 66.5. The van der Waals surface area contributed by atoms with E-state index >= 15 is 4.39 Å². The molecule has 0 bridgehead atoms. The molecule has 0 radical (unpaired) electrons. The quantitative estimate of drug-likeness (QED) is 0.179. The van der Waals surface area contributed by atoms with Gasteiger partial charge in [-0.3, -0.25) is 13.9 Å². The average molecular weight is 586 g/mol. The zero-order chi connectivity index (χ0) is 29.1. The lowest BCUT2D eigenvalue weighted by molar-refractivity contribution is -0.144. The van der Waals surface area contributed by atoms with Gasteiger partial charge in [-0.2, -0.15) is 15.1 Å². The zero-order valence-corrected chi connectivity index (χ0v) is 22.8. The van der Waals surface area contributed by atoms with Gasteiger partial charge in [-0.1, -0.05) is 18.2 Å². The number of nitrogen functional groups attached to an aromatic ring is 1. The number of esters is 1. The van der Waals surface area contributed by atoms with Gasteiger partial charge in [-0.25, -0.2) is 18.3 Å². The van der Waals surface area contributed by atoms with Crippen molar-refractivity contribution in [2.24, 2.45) is 0 Å². The molecule has 0 spiro atoms. The molecule has 0 amide bonds. The Bertz CT molecular complexity index is 1380. The second-order valence-corrected chi connectivity index (χ2v) is 10.5. The summed E-state index contributed by atoms with van der Waals surface area (Å²) in [5.74, 6) is -0.520. The Hall–Kier alpha value is -3.43. The van der Waals surface area contributed by atoms with Crippen LogP contribution in [0.4, 0.5) is 20.5 Å². The third kappa shape index (κ3) is 5.86. The predicted molar refractivity (Wildman–Crippen MR) is 139 cm³/mol. The van der Waals surface area contributed by atoms with Crippen LogP contribution in [-0.4, -0.2) is 81.4 Å². The van der Waals surface area contributed by atoms with Crippen molar-refractivity contribution in [2.75, 3.05) is 38.0 Å². The fourth-order valence-electron chi connectivity index (χ4n) is 4.10. The highest BCUT2D eigenvalue weighted by atomic mass is 31.2. The zero-order valence-electron chi connectivity index (χ0n) is 21.9. The number of carbonyl (C=O) groups is 1. The number of imidazole rings is 1. The summed E-state index contributed by atoms with van der Waals surface area (Å²) in [6, 6.07) is 6.80. The molecule has 1 fully saturated rings. The second-order valence-electron chi connectivity index (χ2n) is 8.84. The van der Waals surface area contributed by atoms with Crippen LogP contribution in [-0.2, 0) is 23.4 Å². The number of aliphatic hydroxyl groups is 1. The Kier molecular flexibility index (Phi) is 8.85. The molecule has 0 unspecified atom stereocenters. The number of aliphatic hydroxyl groups excluding tert-OH is 1. The molecule has 218 valence electrons. The number of carbonyl (C=O) groups excluding carboxylic acids is 1. The highest BCUT2D eigenvalue weighted by molar-refractivity contribution is 7.52. The van der Waals surface area contributed by atoms with E-state index in [-0.39, 0.29) is 35.3 Å². The number of rotatable bonds is 12. The predicted octanol–water partition coefficient (Wildman–Crippen LogP) is 2.13. The number of hydrogen-bond acceptors (Lipinski definition) is 12. The molecule has 1 aliphatic rings. The Balaban J connectivity index is 1.59. The number of ether oxygens (including phenoxy) is 2.